The number of piperazine rings is 1. The van der Waals surface area contributed by atoms with Crippen LogP contribution in [0.1, 0.15) is 22.8 Å². The number of sulfonamides is 1. The number of hydrogen-bond donors (Lipinski definition) is 1. The summed E-state index contributed by atoms with van der Waals surface area (Å²) in [6.45, 7) is 3.10. The predicted molar refractivity (Wildman–Crippen MR) is 123 cm³/mol. The van der Waals surface area contributed by atoms with Crippen LogP contribution in [0.15, 0.2) is 47.4 Å². The molecule has 2 aromatic carbocycles. The number of nitrogens with one attached hydrogen (secondary N) is 1. The van der Waals surface area contributed by atoms with Crippen molar-refractivity contribution in [2.24, 2.45) is 0 Å². The van der Waals surface area contributed by atoms with Crippen molar-refractivity contribution < 1.29 is 27.5 Å². The lowest BCUT2D eigenvalue weighted by molar-refractivity contribution is -0.129. The number of carbonyl (C=O) groups is 2. The highest BCUT2D eigenvalue weighted by Crippen LogP contribution is 2.24. The highest BCUT2D eigenvalue weighted by Gasteiger charge is 2.29. The van der Waals surface area contributed by atoms with Crippen LogP contribution in [0, 0.1) is 0 Å². The zero-order valence-corrected chi connectivity index (χ0v) is 19.9. The summed E-state index contributed by atoms with van der Waals surface area (Å²) in [6.07, 6.45) is 0.567. The standard InChI is InChI=1S/C23H29N3O6S/c1-17(27)25-12-14-26(15-13-25)33(29,30)21-8-5-19(6-9-21)23(28)24-11-10-18-4-7-20(31-2)16-22(18)32-3/h4-9,16H,10-15H2,1-3H3,(H,24,28). The Balaban J connectivity index is 1.57. The fourth-order valence-corrected chi connectivity index (χ4v) is 5.06. The summed E-state index contributed by atoms with van der Waals surface area (Å²) in [5.74, 6) is 1.02. The Morgan fingerprint density at radius 3 is 2.21 bits per heavy atom. The first-order valence-corrected chi connectivity index (χ1v) is 12.0. The van der Waals surface area contributed by atoms with Gasteiger partial charge in [0.15, 0.2) is 0 Å². The maximum atomic E-state index is 12.9. The Hall–Kier alpha value is -3.11. The summed E-state index contributed by atoms with van der Waals surface area (Å²) in [5.41, 5.74) is 1.31. The van der Waals surface area contributed by atoms with E-state index < -0.39 is 10.0 Å². The van der Waals surface area contributed by atoms with Gasteiger partial charge in [0, 0.05) is 51.3 Å². The van der Waals surface area contributed by atoms with E-state index in [4.69, 9.17) is 9.47 Å². The second kappa shape index (κ2) is 10.7. The van der Waals surface area contributed by atoms with Crippen molar-refractivity contribution in [3.05, 3.63) is 53.6 Å². The van der Waals surface area contributed by atoms with E-state index in [1.807, 2.05) is 12.1 Å². The molecule has 0 bridgehead atoms. The quantitative estimate of drug-likeness (QED) is 0.621. The number of benzene rings is 2. The maximum Gasteiger partial charge on any atom is 0.251 e. The third kappa shape index (κ3) is 5.82. The number of ether oxygens (including phenoxy) is 2. The number of nitrogens with zero attached hydrogens (tertiary/aromatic N) is 2. The Bertz CT molecular complexity index is 1090. The van der Waals surface area contributed by atoms with Crippen LogP contribution in [0.4, 0.5) is 0 Å². The van der Waals surface area contributed by atoms with Gasteiger partial charge in [-0.25, -0.2) is 8.42 Å². The van der Waals surface area contributed by atoms with Crippen LogP contribution in [-0.4, -0.2) is 76.4 Å². The van der Waals surface area contributed by atoms with Gasteiger partial charge in [0.2, 0.25) is 15.9 Å². The van der Waals surface area contributed by atoms with Crippen molar-refractivity contribution in [2.75, 3.05) is 46.9 Å². The molecular weight excluding hydrogens is 446 g/mol. The van der Waals surface area contributed by atoms with Crippen LogP contribution in [0.3, 0.4) is 0 Å². The van der Waals surface area contributed by atoms with Crippen molar-refractivity contribution in [1.82, 2.24) is 14.5 Å². The van der Waals surface area contributed by atoms with Crippen LogP contribution in [0.25, 0.3) is 0 Å². The third-order valence-corrected chi connectivity index (χ3v) is 7.53. The number of rotatable bonds is 8. The Morgan fingerprint density at radius 2 is 1.64 bits per heavy atom. The maximum absolute atomic E-state index is 12.9. The number of hydrogen-bond acceptors (Lipinski definition) is 6. The van der Waals surface area contributed by atoms with Crippen molar-refractivity contribution in [1.29, 1.82) is 0 Å². The van der Waals surface area contributed by atoms with E-state index >= 15 is 0 Å². The van der Waals surface area contributed by atoms with Gasteiger partial charge in [0.05, 0.1) is 19.1 Å². The minimum atomic E-state index is -3.68. The van der Waals surface area contributed by atoms with Crippen LogP contribution < -0.4 is 14.8 Å². The van der Waals surface area contributed by atoms with Gasteiger partial charge in [-0.05, 0) is 42.3 Å². The van der Waals surface area contributed by atoms with Gasteiger partial charge in [-0.3, -0.25) is 9.59 Å². The first-order valence-electron chi connectivity index (χ1n) is 10.6. The summed E-state index contributed by atoms with van der Waals surface area (Å²) in [6, 6.07) is 11.4. The molecule has 1 aliphatic rings. The molecule has 1 saturated heterocycles. The van der Waals surface area contributed by atoms with E-state index in [-0.39, 0.29) is 29.8 Å². The van der Waals surface area contributed by atoms with Crippen LogP contribution >= 0.6 is 0 Å². The molecule has 3 rings (SSSR count). The molecule has 0 saturated carbocycles. The van der Waals surface area contributed by atoms with Gasteiger partial charge < -0.3 is 19.7 Å². The summed E-state index contributed by atoms with van der Waals surface area (Å²) >= 11 is 0. The molecule has 0 unspecified atom stereocenters. The van der Waals surface area contributed by atoms with E-state index in [1.165, 1.54) is 35.5 Å². The number of methoxy groups -OCH3 is 2. The van der Waals surface area contributed by atoms with Gasteiger partial charge in [0.25, 0.3) is 5.91 Å². The van der Waals surface area contributed by atoms with E-state index in [0.717, 1.165) is 5.56 Å². The second-order valence-electron chi connectivity index (χ2n) is 7.62. The molecule has 178 valence electrons. The minimum absolute atomic E-state index is 0.0622. The highest BCUT2D eigenvalue weighted by atomic mass is 32.2. The fraction of sp³-hybridized carbons (Fsp3) is 0.391. The zero-order chi connectivity index (χ0) is 24.0. The van der Waals surface area contributed by atoms with E-state index in [2.05, 4.69) is 5.32 Å². The van der Waals surface area contributed by atoms with Crippen molar-refractivity contribution >= 4 is 21.8 Å². The first-order chi connectivity index (χ1) is 15.8. The average Bonchev–Trinajstić information content (AvgIpc) is 2.84. The lowest BCUT2D eigenvalue weighted by Gasteiger charge is -2.33. The van der Waals surface area contributed by atoms with Gasteiger partial charge in [-0.1, -0.05) is 6.07 Å². The molecule has 1 heterocycles. The first kappa shape index (κ1) is 24.5. The van der Waals surface area contributed by atoms with Crippen LogP contribution in [0.5, 0.6) is 11.5 Å². The Morgan fingerprint density at radius 1 is 0.970 bits per heavy atom. The molecule has 1 fully saturated rings. The largest absolute Gasteiger partial charge is 0.497 e. The Labute approximate surface area is 194 Å². The molecule has 0 aromatic heterocycles. The average molecular weight is 476 g/mol. The summed E-state index contributed by atoms with van der Waals surface area (Å²) in [5, 5.41) is 2.84. The summed E-state index contributed by atoms with van der Waals surface area (Å²) in [4.78, 5) is 25.7. The van der Waals surface area contributed by atoms with E-state index in [0.29, 0.717) is 43.1 Å². The molecule has 2 amide bonds. The van der Waals surface area contributed by atoms with E-state index in [9.17, 15) is 18.0 Å². The monoisotopic (exact) mass is 475 g/mol. The van der Waals surface area contributed by atoms with Crippen LogP contribution in [0.2, 0.25) is 0 Å². The van der Waals surface area contributed by atoms with Crippen molar-refractivity contribution in [2.45, 2.75) is 18.2 Å². The second-order valence-corrected chi connectivity index (χ2v) is 9.56. The van der Waals surface area contributed by atoms with Crippen molar-refractivity contribution in [3.8, 4) is 11.5 Å². The van der Waals surface area contributed by atoms with E-state index in [1.54, 1.807) is 25.2 Å². The molecular formula is C23H29N3O6S. The molecule has 10 heteroatoms. The minimum Gasteiger partial charge on any atom is -0.497 e. The lowest BCUT2D eigenvalue weighted by Crippen LogP contribution is -2.49. The molecule has 0 radical (unpaired) electrons. The van der Waals surface area contributed by atoms with Gasteiger partial charge in [-0.2, -0.15) is 4.31 Å². The number of carbonyl (C=O) groups excluding carboxylic acids is 2. The van der Waals surface area contributed by atoms with Crippen molar-refractivity contribution in [3.63, 3.8) is 0 Å². The van der Waals surface area contributed by atoms with Gasteiger partial charge in [0.1, 0.15) is 11.5 Å². The molecule has 0 atom stereocenters. The fourth-order valence-electron chi connectivity index (χ4n) is 3.64. The van der Waals surface area contributed by atoms with Gasteiger partial charge >= 0.3 is 0 Å². The zero-order valence-electron chi connectivity index (χ0n) is 19.0. The smallest absolute Gasteiger partial charge is 0.251 e. The summed E-state index contributed by atoms with van der Waals surface area (Å²) in [7, 11) is -0.518. The van der Waals surface area contributed by atoms with Gasteiger partial charge in [-0.15, -0.1) is 0 Å². The topological polar surface area (TPSA) is 105 Å². The normalized spacial score (nSPS) is 14.6. The molecule has 33 heavy (non-hydrogen) atoms. The Kier molecular flexibility index (Phi) is 7.93. The van der Waals surface area contributed by atoms with Crippen LogP contribution in [-0.2, 0) is 21.2 Å². The lowest BCUT2D eigenvalue weighted by atomic mass is 10.1. The third-order valence-electron chi connectivity index (χ3n) is 5.61. The highest BCUT2D eigenvalue weighted by molar-refractivity contribution is 7.89. The number of amides is 2. The molecule has 0 aliphatic carbocycles. The molecule has 2 aromatic rings. The predicted octanol–water partition coefficient (Wildman–Crippen LogP) is 1.53. The molecule has 1 N–H and O–H groups in total. The molecule has 9 nitrogen and oxygen atoms in total. The molecule has 0 spiro atoms. The summed E-state index contributed by atoms with van der Waals surface area (Å²) < 4.78 is 37.7. The SMILES string of the molecule is COc1ccc(CCNC(=O)c2ccc(S(=O)(=O)N3CCN(C(C)=O)CC3)cc2)c(OC)c1. The molecule has 1 aliphatic heterocycles.